The van der Waals surface area contributed by atoms with Gasteiger partial charge in [-0.15, -0.1) is 0 Å². The van der Waals surface area contributed by atoms with Gasteiger partial charge in [0.15, 0.2) is 0 Å². The Balaban J connectivity index is 1.80. The molecule has 1 N–H and O–H groups in total. The largest absolute Gasteiger partial charge is 0.464 e. The predicted molar refractivity (Wildman–Crippen MR) is 74.4 cm³/mol. The number of methoxy groups -OCH3 is 1. The zero-order valence-electron chi connectivity index (χ0n) is 11.4. The van der Waals surface area contributed by atoms with E-state index < -0.39 is 5.97 Å². The third kappa shape index (κ3) is 4.21. The molecule has 1 aromatic rings. The summed E-state index contributed by atoms with van der Waals surface area (Å²) in [7, 11) is 1.36. The molecule has 0 unspecified atom stereocenters. The van der Waals surface area contributed by atoms with Gasteiger partial charge < -0.3 is 15.0 Å². The van der Waals surface area contributed by atoms with E-state index in [0.717, 1.165) is 18.8 Å². The van der Waals surface area contributed by atoms with Gasteiger partial charge in [0.05, 0.1) is 7.11 Å². The number of hydrogen-bond donors (Lipinski definition) is 1. The maximum absolute atomic E-state index is 11.4. The van der Waals surface area contributed by atoms with E-state index >= 15 is 0 Å². The highest BCUT2D eigenvalue weighted by Crippen LogP contribution is 2.10. The topological polar surface area (TPSA) is 54.5 Å². The molecule has 2 heterocycles. The Bertz CT molecular complexity index is 417. The van der Waals surface area contributed by atoms with Crippen molar-refractivity contribution in [2.75, 3.05) is 38.6 Å². The molecular weight excluding hydrogens is 242 g/mol. The van der Waals surface area contributed by atoms with E-state index in [2.05, 4.69) is 19.9 Å². The molecule has 1 fully saturated rings. The predicted octanol–water partition coefficient (Wildman–Crippen LogP) is 1.77. The summed E-state index contributed by atoms with van der Waals surface area (Å²) >= 11 is 0. The smallest absolute Gasteiger partial charge is 0.356 e. The summed E-state index contributed by atoms with van der Waals surface area (Å²) in [6.45, 7) is 4.32. The number of anilines is 1. The summed E-state index contributed by atoms with van der Waals surface area (Å²) in [6, 6.07) is 3.59. The third-order valence-corrected chi connectivity index (χ3v) is 3.36. The highest BCUT2D eigenvalue weighted by atomic mass is 16.5. The Morgan fingerprint density at radius 2 is 2.21 bits per heavy atom. The number of piperidine rings is 1. The van der Waals surface area contributed by atoms with Crippen LogP contribution in [0.15, 0.2) is 18.3 Å². The number of carbonyl (C=O) groups excluding carboxylic acids is 1. The molecule has 0 radical (unpaired) electrons. The minimum absolute atomic E-state index is 0.338. The van der Waals surface area contributed by atoms with Crippen molar-refractivity contribution in [1.29, 1.82) is 0 Å². The molecule has 0 amide bonds. The lowest BCUT2D eigenvalue weighted by Crippen LogP contribution is -2.33. The number of hydrogen-bond acceptors (Lipinski definition) is 5. The van der Waals surface area contributed by atoms with Crippen LogP contribution in [0.3, 0.4) is 0 Å². The van der Waals surface area contributed by atoms with Gasteiger partial charge in [0.1, 0.15) is 5.69 Å². The first kappa shape index (κ1) is 13.8. The second-order valence-corrected chi connectivity index (χ2v) is 4.75. The Morgan fingerprint density at radius 3 is 2.95 bits per heavy atom. The molecule has 0 aromatic carbocycles. The van der Waals surface area contributed by atoms with Crippen molar-refractivity contribution >= 4 is 11.7 Å². The van der Waals surface area contributed by atoms with Gasteiger partial charge in [0, 0.05) is 25.0 Å². The minimum atomic E-state index is -0.403. The molecule has 2 rings (SSSR count). The summed E-state index contributed by atoms with van der Waals surface area (Å²) in [5, 5.41) is 3.32. The summed E-state index contributed by atoms with van der Waals surface area (Å²) in [5.41, 5.74) is 1.25. The van der Waals surface area contributed by atoms with Gasteiger partial charge in [0.25, 0.3) is 0 Å². The molecule has 0 spiro atoms. The van der Waals surface area contributed by atoms with Crippen LogP contribution in [0.5, 0.6) is 0 Å². The highest BCUT2D eigenvalue weighted by molar-refractivity contribution is 5.88. The monoisotopic (exact) mass is 263 g/mol. The number of carbonyl (C=O) groups is 1. The fourth-order valence-corrected chi connectivity index (χ4v) is 2.30. The number of likely N-dealkylation sites (tertiary alicyclic amines) is 1. The van der Waals surface area contributed by atoms with Crippen molar-refractivity contribution in [3.8, 4) is 0 Å². The van der Waals surface area contributed by atoms with Crippen molar-refractivity contribution in [2.45, 2.75) is 19.3 Å². The van der Waals surface area contributed by atoms with Crippen LogP contribution in [0.2, 0.25) is 0 Å². The Labute approximate surface area is 114 Å². The zero-order chi connectivity index (χ0) is 13.5. The molecule has 0 bridgehead atoms. The van der Waals surface area contributed by atoms with E-state index in [4.69, 9.17) is 0 Å². The number of pyridine rings is 1. The van der Waals surface area contributed by atoms with Crippen LogP contribution in [0, 0.1) is 0 Å². The Kier molecular flexibility index (Phi) is 5.15. The third-order valence-electron chi connectivity index (χ3n) is 3.36. The molecule has 0 atom stereocenters. The lowest BCUT2D eigenvalue weighted by atomic mass is 10.1. The lowest BCUT2D eigenvalue weighted by Gasteiger charge is -2.26. The second-order valence-electron chi connectivity index (χ2n) is 4.75. The van der Waals surface area contributed by atoms with Crippen LogP contribution in [0.1, 0.15) is 29.8 Å². The van der Waals surface area contributed by atoms with Crippen molar-refractivity contribution in [3.63, 3.8) is 0 Å². The fourth-order valence-electron chi connectivity index (χ4n) is 2.30. The molecule has 1 aliphatic rings. The van der Waals surface area contributed by atoms with Gasteiger partial charge in [-0.05, 0) is 38.1 Å². The van der Waals surface area contributed by atoms with Gasteiger partial charge in [-0.25, -0.2) is 9.78 Å². The van der Waals surface area contributed by atoms with Crippen molar-refractivity contribution in [2.24, 2.45) is 0 Å². The first-order valence-electron chi connectivity index (χ1n) is 6.80. The van der Waals surface area contributed by atoms with Gasteiger partial charge >= 0.3 is 5.97 Å². The first-order chi connectivity index (χ1) is 9.29. The van der Waals surface area contributed by atoms with Crippen LogP contribution >= 0.6 is 0 Å². The molecule has 0 aliphatic carbocycles. The van der Waals surface area contributed by atoms with E-state index in [0.29, 0.717) is 5.69 Å². The number of esters is 1. The number of nitrogens with one attached hydrogen (secondary N) is 1. The maximum Gasteiger partial charge on any atom is 0.356 e. The van der Waals surface area contributed by atoms with Crippen LogP contribution in [-0.2, 0) is 4.74 Å². The molecule has 1 aromatic heterocycles. The standard InChI is InChI=1S/C14H21N3O2/c1-19-14(18)13-11-12(5-6-16-13)15-7-10-17-8-3-2-4-9-17/h5-6,11H,2-4,7-10H2,1H3,(H,15,16). The molecule has 0 saturated carbocycles. The van der Waals surface area contributed by atoms with Gasteiger partial charge in [-0.2, -0.15) is 0 Å². The normalized spacial score (nSPS) is 16.1. The van der Waals surface area contributed by atoms with Crippen LogP contribution in [0.4, 0.5) is 5.69 Å². The summed E-state index contributed by atoms with van der Waals surface area (Å²) in [6.07, 6.45) is 5.59. The van der Waals surface area contributed by atoms with E-state index in [1.54, 1.807) is 12.3 Å². The Hall–Kier alpha value is -1.62. The molecule has 1 aliphatic heterocycles. The molecular formula is C14H21N3O2. The van der Waals surface area contributed by atoms with Crippen molar-refractivity contribution < 1.29 is 9.53 Å². The second kappa shape index (κ2) is 7.09. The van der Waals surface area contributed by atoms with E-state index in [9.17, 15) is 4.79 Å². The number of aromatic nitrogens is 1. The quantitative estimate of drug-likeness (QED) is 0.820. The maximum atomic E-state index is 11.4. The van der Waals surface area contributed by atoms with Crippen molar-refractivity contribution in [3.05, 3.63) is 24.0 Å². The van der Waals surface area contributed by atoms with Crippen molar-refractivity contribution in [1.82, 2.24) is 9.88 Å². The van der Waals surface area contributed by atoms with Gasteiger partial charge in [-0.3, -0.25) is 0 Å². The molecule has 1 saturated heterocycles. The van der Waals surface area contributed by atoms with E-state index in [1.165, 1.54) is 39.5 Å². The number of nitrogens with zero attached hydrogens (tertiary/aromatic N) is 2. The lowest BCUT2D eigenvalue weighted by molar-refractivity contribution is 0.0594. The van der Waals surface area contributed by atoms with E-state index in [1.807, 2.05) is 6.07 Å². The number of ether oxygens (including phenoxy) is 1. The van der Waals surface area contributed by atoms with Crippen LogP contribution in [-0.4, -0.2) is 49.1 Å². The average Bonchev–Trinajstić information content (AvgIpc) is 2.48. The molecule has 5 nitrogen and oxygen atoms in total. The molecule has 5 heteroatoms. The zero-order valence-corrected chi connectivity index (χ0v) is 11.4. The van der Waals surface area contributed by atoms with E-state index in [-0.39, 0.29) is 0 Å². The van der Waals surface area contributed by atoms with Gasteiger partial charge in [0.2, 0.25) is 0 Å². The summed E-state index contributed by atoms with van der Waals surface area (Å²) < 4.78 is 4.65. The summed E-state index contributed by atoms with van der Waals surface area (Å²) in [5.74, 6) is -0.403. The Morgan fingerprint density at radius 1 is 1.42 bits per heavy atom. The number of rotatable bonds is 5. The minimum Gasteiger partial charge on any atom is -0.464 e. The fraction of sp³-hybridized carbons (Fsp3) is 0.571. The molecule has 104 valence electrons. The molecule has 19 heavy (non-hydrogen) atoms. The summed E-state index contributed by atoms with van der Waals surface area (Å²) in [4.78, 5) is 17.8. The average molecular weight is 263 g/mol. The first-order valence-corrected chi connectivity index (χ1v) is 6.80. The highest BCUT2D eigenvalue weighted by Gasteiger charge is 2.10. The van der Waals surface area contributed by atoms with Crippen LogP contribution < -0.4 is 5.32 Å². The van der Waals surface area contributed by atoms with Crippen LogP contribution in [0.25, 0.3) is 0 Å². The van der Waals surface area contributed by atoms with Gasteiger partial charge in [-0.1, -0.05) is 6.42 Å². The SMILES string of the molecule is COC(=O)c1cc(NCCN2CCCCC2)ccn1.